The molecule has 0 amide bonds. The summed E-state index contributed by atoms with van der Waals surface area (Å²) < 4.78 is 12.7. The van der Waals surface area contributed by atoms with E-state index >= 15 is 0 Å². The summed E-state index contributed by atoms with van der Waals surface area (Å²) in [7, 11) is -1.43. The molecule has 5 heteroatoms. The highest BCUT2D eigenvalue weighted by atomic mass is 32.2. The van der Waals surface area contributed by atoms with Gasteiger partial charge in [0.25, 0.3) is 0 Å². The van der Waals surface area contributed by atoms with Gasteiger partial charge in [0.05, 0.1) is 0 Å². The molecule has 0 aliphatic rings. The lowest BCUT2D eigenvalue weighted by atomic mass is 9.80. The van der Waals surface area contributed by atoms with Gasteiger partial charge in [-0.25, -0.2) is 4.39 Å². The van der Waals surface area contributed by atoms with E-state index in [0.29, 0.717) is 5.46 Å². The van der Waals surface area contributed by atoms with Crippen LogP contribution in [0.2, 0.25) is 0 Å². The molecule has 0 fully saturated rings. The third-order valence-corrected chi connectivity index (χ3v) is 3.58. The third kappa shape index (κ3) is 3.60. The number of halogens is 1. The predicted molar refractivity (Wildman–Crippen MR) is 72.2 cm³/mol. The maximum atomic E-state index is 12.7. The molecular weight excluding hydrogens is 250 g/mol. The van der Waals surface area contributed by atoms with E-state index in [1.807, 2.05) is 12.1 Å². The van der Waals surface area contributed by atoms with Crippen LogP contribution in [0.5, 0.6) is 0 Å². The molecule has 2 rings (SSSR count). The van der Waals surface area contributed by atoms with Crippen molar-refractivity contribution in [1.82, 2.24) is 0 Å². The number of thioether (sulfide) groups is 1. The van der Waals surface area contributed by atoms with Crippen LogP contribution < -0.4 is 5.46 Å². The Morgan fingerprint density at radius 3 is 2.11 bits per heavy atom. The zero-order valence-electron chi connectivity index (χ0n) is 9.58. The van der Waals surface area contributed by atoms with E-state index in [2.05, 4.69) is 0 Å². The summed E-state index contributed by atoms with van der Waals surface area (Å²) in [6.45, 7) is 0. The van der Waals surface area contributed by atoms with Crippen molar-refractivity contribution in [2.75, 3.05) is 0 Å². The molecule has 2 N–H and O–H groups in total. The lowest BCUT2D eigenvalue weighted by molar-refractivity contribution is 0.426. The van der Waals surface area contributed by atoms with Crippen molar-refractivity contribution in [3.8, 4) is 0 Å². The van der Waals surface area contributed by atoms with Gasteiger partial charge in [-0.05, 0) is 35.3 Å². The summed E-state index contributed by atoms with van der Waals surface area (Å²) in [6, 6.07) is 13.4. The van der Waals surface area contributed by atoms with Crippen molar-refractivity contribution in [3.05, 3.63) is 59.9 Å². The first kappa shape index (κ1) is 13.1. The van der Waals surface area contributed by atoms with Gasteiger partial charge in [-0.15, -0.1) is 11.8 Å². The van der Waals surface area contributed by atoms with Crippen molar-refractivity contribution >= 4 is 24.3 Å². The van der Waals surface area contributed by atoms with E-state index in [9.17, 15) is 4.39 Å². The number of rotatable bonds is 4. The highest BCUT2D eigenvalue weighted by Gasteiger charge is 2.09. The van der Waals surface area contributed by atoms with Crippen LogP contribution in [0.25, 0.3) is 0 Å². The highest BCUT2D eigenvalue weighted by Crippen LogP contribution is 2.22. The normalized spacial score (nSPS) is 10.4. The van der Waals surface area contributed by atoms with Gasteiger partial charge in [0.15, 0.2) is 0 Å². The number of benzene rings is 2. The molecule has 2 aromatic rings. The molecule has 0 aliphatic carbocycles. The van der Waals surface area contributed by atoms with Gasteiger partial charge < -0.3 is 10.0 Å². The van der Waals surface area contributed by atoms with Gasteiger partial charge in [0.2, 0.25) is 0 Å². The summed E-state index contributed by atoms with van der Waals surface area (Å²) in [5.41, 5.74) is 1.55. The molecule has 0 aliphatic heterocycles. The van der Waals surface area contributed by atoms with Gasteiger partial charge in [-0.2, -0.15) is 0 Å². The Morgan fingerprint density at radius 2 is 1.56 bits per heavy atom. The maximum Gasteiger partial charge on any atom is 0.488 e. The minimum absolute atomic E-state index is 0.236. The Hall–Kier alpha value is -1.30. The van der Waals surface area contributed by atoms with Crippen LogP contribution in [0.1, 0.15) is 5.56 Å². The second kappa shape index (κ2) is 6.04. The zero-order chi connectivity index (χ0) is 13.0. The molecule has 2 nitrogen and oxygen atoms in total. The first-order valence-corrected chi connectivity index (χ1v) is 6.47. The fourth-order valence-corrected chi connectivity index (χ4v) is 2.34. The zero-order valence-corrected chi connectivity index (χ0v) is 10.4. The van der Waals surface area contributed by atoms with Crippen molar-refractivity contribution in [3.63, 3.8) is 0 Å². The molecule has 92 valence electrons. The SMILES string of the molecule is OB(O)c1ccc(CSc2ccc(F)cc2)cc1. The van der Waals surface area contributed by atoms with Crippen molar-refractivity contribution in [1.29, 1.82) is 0 Å². The quantitative estimate of drug-likeness (QED) is 0.652. The van der Waals surface area contributed by atoms with Crippen LogP contribution in [-0.4, -0.2) is 17.2 Å². The topological polar surface area (TPSA) is 40.5 Å². The fraction of sp³-hybridized carbons (Fsp3) is 0.0769. The molecule has 0 spiro atoms. The molecule has 0 aromatic heterocycles. The average Bonchev–Trinajstić information content (AvgIpc) is 2.38. The van der Waals surface area contributed by atoms with Crippen LogP contribution in [0.3, 0.4) is 0 Å². The van der Waals surface area contributed by atoms with E-state index in [1.165, 1.54) is 12.1 Å². The Bertz CT molecular complexity index is 499. The lowest BCUT2D eigenvalue weighted by Gasteiger charge is -2.04. The Kier molecular flexibility index (Phi) is 4.41. The van der Waals surface area contributed by atoms with Crippen molar-refractivity contribution in [2.45, 2.75) is 10.6 Å². The maximum absolute atomic E-state index is 12.7. The second-order valence-corrected chi connectivity index (χ2v) is 4.91. The largest absolute Gasteiger partial charge is 0.488 e. The average molecular weight is 262 g/mol. The first-order chi connectivity index (χ1) is 8.65. The van der Waals surface area contributed by atoms with Crippen LogP contribution in [0.4, 0.5) is 4.39 Å². The molecule has 0 atom stereocenters. The van der Waals surface area contributed by atoms with E-state index in [0.717, 1.165) is 16.2 Å². The molecular formula is C13H12BFO2S. The van der Waals surface area contributed by atoms with Gasteiger partial charge >= 0.3 is 7.12 Å². The standard InChI is InChI=1S/C13H12BFO2S/c15-12-5-7-13(8-6-12)18-9-10-1-3-11(4-2-10)14(16)17/h1-8,16-17H,9H2. The molecule has 2 aromatic carbocycles. The first-order valence-electron chi connectivity index (χ1n) is 5.48. The van der Waals surface area contributed by atoms with E-state index in [4.69, 9.17) is 10.0 Å². The Labute approximate surface area is 110 Å². The highest BCUT2D eigenvalue weighted by molar-refractivity contribution is 7.98. The summed E-state index contributed by atoms with van der Waals surface area (Å²) in [5.74, 6) is 0.522. The molecule has 0 unspecified atom stereocenters. The predicted octanol–water partition coefficient (Wildman–Crippen LogP) is 1.80. The third-order valence-electron chi connectivity index (χ3n) is 2.50. The Balaban J connectivity index is 1.95. The molecule has 0 saturated carbocycles. The minimum Gasteiger partial charge on any atom is -0.423 e. The minimum atomic E-state index is -1.43. The van der Waals surface area contributed by atoms with Gasteiger partial charge in [0, 0.05) is 10.6 Å². The van der Waals surface area contributed by atoms with Crippen LogP contribution >= 0.6 is 11.8 Å². The number of hydrogen-bond donors (Lipinski definition) is 2. The smallest absolute Gasteiger partial charge is 0.423 e. The molecule has 0 saturated heterocycles. The summed E-state index contributed by atoms with van der Waals surface area (Å²) >= 11 is 1.60. The van der Waals surface area contributed by atoms with Crippen molar-refractivity contribution < 1.29 is 14.4 Å². The van der Waals surface area contributed by atoms with Crippen LogP contribution in [0, 0.1) is 5.82 Å². The molecule has 0 bridgehead atoms. The van der Waals surface area contributed by atoms with E-state index < -0.39 is 7.12 Å². The molecule has 0 radical (unpaired) electrons. The van der Waals surface area contributed by atoms with E-state index in [1.54, 1.807) is 36.0 Å². The monoisotopic (exact) mass is 262 g/mol. The van der Waals surface area contributed by atoms with Crippen LogP contribution in [0.15, 0.2) is 53.4 Å². The molecule has 0 heterocycles. The summed E-state index contributed by atoms with van der Waals surface area (Å²) in [6.07, 6.45) is 0. The van der Waals surface area contributed by atoms with Gasteiger partial charge in [0.1, 0.15) is 5.82 Å². The van der Waals surface area contributed by atoms with E-state index in [-0.39, 0.29) is 5.82 Å². The van der Waals surface area contributed by atoms with Gasteiger partial charge in [-0.3, -0.25) is 0 Å². The van der Waals surface area contributed by atoms with Gasteiger partial charge in [-0.1, -0.05) is 24.3 Å². The lowest BCUT2D eigenvalue weighted by Crippen LogP contribution is -2.29. The molecule has 18 heavy (non-hydrogen) atoms. The summed E-state index contributed by atoms with van der Waals surface area (Å²) in [5, 5.41) is 17.9. The van der Waals surface area contributed by atoms with Crippen LogP contribution in [-0.2, 0) is 5.75 Å². The fourth-order valence-electron chi connectivity index (χ4n) is 1.48. The second-order valence-electron chi connectivity index (χ2n) is 3.86. The number of hydrogen-bond acceptors (Lipinski definition) is 3. The summed E-state index contributed by atoms with van der Waals surface area (Å²) in [4.78, 5) is 1.00. The van der Waals surface area contributed by atoms with Crippen molar-refractivity contribution in [2.24, 2.45) is 0 Å². The Morgan fingerprint density at radius 1 is 0.944 bits per heavy atom.